The van der Waals surface area contributed by atoms with Crippen molar-refractivity contribution in [2.24, 2.45) is 0 Å². The first kappa shape index (κ1) is 20.8. The number of rotatable bonds is 5. The fourth-order valence-corrected chi connectivity index (χ4v) is 4.49. The van der Waals surface area contributed by atoms with Crippen molar-refractivity contribution in [3.8, 4) is 0 Å². The van der Waals surface area contributed by atoms with Crippen molar-refractivity contribution in [2.45, 2.75) is 45.3 Å². The molecule has 0 amide bonds. The highest BCUT2D eigenvalue weighted by atomic mass is 32.1. The summed E-state index contributed by atoms with van der Waals surface area (Å²) >= 11 is 5.49. The molecule has 166 valence electrons. The molecule has 2 N–H and O–H groups in total. The largest absolute Gasteiger partial charge is 0.467 e. The highest BCUT2D eigenvalue weighted by Crippen LogP contribution is 2.30. The van der Waals surface area contributed by atoms with E-state index in [4.69, 9.17) is 26.6 Å². The third-order valence-electron chi connectivity index (χ3n) is 6.02. The Bertz CT molecular complexity index is 1040. The molecule has 7 nitrogen and oxygen atoms in total. The van der Waals surface area contributed by atoms with E-state index in [-0.39, 0.29) is 0 Å². The van der Waals surface area contributed by atoms with Gasteiger partial charge in [-0.3, -0.25) is 0 Å². The molecular formula is C24H28N6OS. The van der Waals surface area contributed by atoms with Crippen LogP contribution >= 0.6 is 12.2 Å². The van der Waals surface area contributed by atoms with E-state index < -0.39 is 0 Å². The number of benzene rings is 1. The van der Waals surface area contributed by atoms with Crippen molar-refractivity contribution in [3.05, 3.63) is 65.6 Å². The maximum atomic E-state index is 5.49. The number of aromatic nitrogens is 2. The lowest BCUT2D eigenvalue weighted by Gasteiger charge is -2.25. The Kier molecular flexibility index (Phi) is 6.20. The lowest BCUT2D eigenvalue weighted by molar-refractivity contribution is 0.503. The molecule has 0 spiro atoms. The van der Waals surface area contributed by atoms with Crippen molar-refractivity contribution in [1.29, 1.82) is 0 Å². The van der Waals surface area contributed by atoms with E-state index in [1.54, 1.807) is 6.26 Å². The first-order chi connectivity index (χ1) is 15.7. The minimum absolute atomic E-state index is 0.477. The third kappa shape index (κ3) is 4.85. The zero-order chi connectivity index (χ0) is 21.8. The molecule has 32 heavy (non-hydrogen) atoms. The molecule has 2 aromatic heterocycles. The average molecular weight is 449 g/mol. The molecular weight excluding hydrogens is 420 g/mol. The van der Waals surface area contributed by atoms with Crippen molar-refractivity contribution < 1.29 is 4.42 Å². The molecule has 0 atom stereocenters. The van der Waals surface area contributed by atoms with Crippen LogP contribution in [0.25, 0.3) is 0 Å². The Morgan fingerprint density at radius 3 is 2.25 bits per heavy atom. The average Bonchev–Trinajstić information content (AvgIpc) is 3.41. The number of fused-ring (bicyclic) bond motifs is 1. The number of thiocarbonyl (C=S) groups is 1. The van der Waals surface area contributed by atoms with Gasteiger partial charge in [0.2, 0.25) is 5.95 Å². The van der Waals surface area contributed by atoms with E-state index in [2.05, 4.69) is 50.8 Å². The van der Waals surface area contributed by atoms with E-state index in [1.807, 2.05) is 12.1 Å². The van der Waals surface area contributed by atoms with Crippen LogP contribution in [0, 0.1) is 0 Å². The molecule has 2 aliphatic heterocycles. The van der Waals surface area contributed by atoms with Crippen molar-refractivity contribution in [1.82, 2.24) is 15.3 Å². The number of hydrogen-bond donors (Lipinski definition) is 2. The lowest BCUT2D eigenvalue weighted by atomic mass is 10.1. The van der Waals surface area contributed by atoms with Crippen LogP contribution in [0.1, 0.15) is 42.6 Å². The minimum Gasteiger partial charge on any atom is -0.467 e. The van der Waals surface area contributed by atoms with Gasteiger partial charge in [-0.25, -0.2) is 0 Å². The molecule has 0 bridgehead atoms. The van der Waals surface area contributed by atoms with Gasteiger partial charge >= 0.3 is 0 Å². The number of nitrogens with zero attached hydrogens (tertiary/aromatic N) is 4. The van der Waals surface area contributed by atoms with E-state index in [0.29, 0.717) is 17.6 Å². The first-order valence-electron chi connectivity index (χ1n) is 11.3. The van der Waals surface area contributed by atoms with Gasteiger partial charge in [-0.05, 0) is 48.3 Å². The van der Waals surface area contributed by atoms with Gasteiger partial charge < -0.3 is 24.9 Å². The second kappa shape index (κ2) is 9.56. The van der Waals surface area contributed by atoms with E-state index in [9.17, 15) is 0 Å². The number of anilines is 3. The summed E-state index contributed by atoms with van der Waals surface area (Å²) in [6, 6.07) is 14.5. The van der Waals surface area contributed by atoms with Crippen LogP contribution in [-0.2, 0) is 19.6 Å². The Labute approximate surface area is 193 Å². The molecule has 3 aromatic rings. The highest BCUT2D eigenvalue weighted by molar-refractivity contribution is 7.80. The van der Waals surface area contributed by atoms with E-state index in [0.717, 1.165) is 43.6 Å². The summed E-state index contributed by atoms with van der Waals surface area (Å²) in [5, 5.41) is 6.83. The van der Waals surface area contributed by atoms with Gasteiger partial charge in [0, 0.05) is 32.2 Å². The Morgan fingerprint density at radius 1 is 0.906 bits per heavy atom. The van der Waals surface area contributed by atoms with Crippen molar-refractivity contribution >= 4 is 34.9 Å². The topological polar surface area (TPSA) is 69.5 Å². The fraction of sp³-hybridized carbons (Fsp3) is 0.375. The maximum absolute atomic E-state index is 5.49. The van der Waals surface area contributed by atoms with Gasteiger partial charge in [-0.2, -0.15) is 9.97 Å². The predicted octanol–water partition coefficient (Wildman–Crippen LogP) is 4.46. The third-order valence-corrected chi connectivity index (χ3v) is 6.27. The monoisotopic (exact) mass is 448 g/mol. The van der Waals surface area contributed by atoms with Gasteiger partial charge in [0.05, 0.1) is 12.8 Å². The van der Waals surface area contributed by atoms with Gasteiger partial charge in [-0.1, -0.05) is 37.1 Å². The number of nitrogens with one attached hydrogen (secondary N) is 2. The van der Waals surface area contributed by atoms with Crippen LogP contribution in [0.5, 0.6) is 0 Å². The standard InChI is InChI=1S/C24H28N6OS/c32-24(25-15-20-10-7-13-31-20)28-23-26-21(29-11-5-1-2-6-12-29)14-22(27-23)30-16-18-8-3-4-9-19(18)17-30/h3-4,7-10,13-14H,1-2,5-6,11-12,15-17H2,(H2,25,26,27,28,32). The van der Waals surface area contributed by atoms with Gasteiger partial charge in [0.1, 0.15) is 17.4 Å². The second-order valence-corrected chi connectivity index (χ2v) is 8.73. The number of furan rings is 1. The minimum atomic E-state index is 0.477. The van der Waals surface area contributed by atoms with Crippen molar-refractivity contribution in [3.63, 3.8) is 0 Å². The second-order valence-electron chi connectivity index (χ2n) is 8.32. The highest BCUT2D eigenvalue weighted by Gasteiger charge is 2.22. The molecule has 0 saturated carbocycles. The Hall–Kier alpha value is -3.13. The Morgan fingerprint density at radius 2 is 1.59 bits per heavy atom. The predicted molar refractivity (Wildman–Crippen MR) is 131 cm³/mol. The molecule has 0 unspecified atom stereocenters. The van der Waals surface area contributed by atoms with Crippen LogP contribution in [0.4, 0.5) is 17.6 Å². The maximum Gasteiger partial charge on any atom is 0.232 e. The van der Waals surface area contributed by atoms with Crippen LogP contribution in [0.15, 0.2) is 53.1 Å². The Balaban J connectivity index is 1.37. The quantitative estimate of drug-likeness (QED) is 0.555. The fourth-order valence-electron chi connectivity index (χ4n) is 4.32. The number of hydrogen-bond acceptors (Lipinski definition) is 6. The summed E-state index contributed by atoms with van der Waals surface area (Å²) in [4.78, 5) is 14.3. The molecule has 1 saturated heterocycles. The zero-order valence-electron chi connectivity index (χ0n) is 18.1. The summed E-state index contributed by atoms with van der Waals surface area (Å²) in [5.74, 6) is 3.23. The summed E-state index contributed by atoms with van der Waals surface area (Å²) in [6.45, 7) is 4.27. The molecule has 1 fully saturated rings. The molecule has 1 aromatic carbocycles. The molecule has 2 aliphatic rings. The van der Waals surface area contributed by atoms with E-state index in [1.165, 1.54) is 36.8 Å². The van der Waals surface area contributed by atoms with Gasteiger partial charge in [-0.15, -0.1) is 0 Å². The normalized spacial score (nSPS) is 15.9. The summed E-state index contributed by atoms with van der Waals surface area (Å²) in [6.07, 6.45) is 6.60. The van der Waals surface area contributed by atoms with E-state index >= 15 is 0 Å². The summed E-state index contributed by atoms with van der Waals surface area (Å²) < 4.78 is 5.37. The molecule has 8 heteroatoms. The van der Waals surface area contributed by atoms with Gasteiger partial charge in [0.25, 0.3) is 0 Å². The smallest absolute Gasteiger partial charge is 0.232 e. The molecule has 5 rings (SSSR count). The molecule has 4 heterocycles. The van der Waals surface area contributed by atoms with Crippen LogP contribution in [-0.4, -0.2) is 28.2 Å². The SMILES string of the molecule is S=C(NCc1ccco1)Nc1nc(N2CCCCCC2)cc(N2Cc3ccccc3C2)n1. The summed E-state index contributed by atoms with van der Waals surface area (Å²) in [5.41, 5.74) is 2.71. The molecule has 0 aliphatic carbocycles. The van der Waals surface area contributed by atoms with Crippen LogP contribution < -0.4 is 20.4 Å². The molecule has 0 radical (unpaired) electrons. The van der Waals surface area contributed by atoms with Crippen molar-refractivity contribution in [2.75, 3.05) is 28.2 Å². The van der Waals surface area contributed by atoms with Gasteiger partial charge in [0.15, 0.2) is 5.11 Å². The first-order valence-corrected chi connectivity index (χ1v) is 11.7. The van der Waals surface area contributed by atoms with Crippen LogP contribution in [0.2, 0.25) is 0 Å². The zero-order valence-corrected chi connectivity index (χ0v) is 18.9. The lowest BCUT2D eigenvalue weighted by Crippen LogP contribution is -2.30. The van der Waals surface area contributed by atoms with Crippen LogP contribution in [0.3, 0.4) is 0 Å². The summed E-state index contributed by atoms with van der Waals surface area (Å²) in [7, 11) is 0.